The predicted octanol–water partition coefficient (Wildman–Crippen LogP) is 1.87. The van der Waals surface area contributed by atoms with Crippen LogP contribution in [0.2, 0.25) is 0 Å². The molecule has 0 amide bonds. The van der Waals surface area contributed by atoms with Crippen LogP contribution >= 0.6 is 0 Å². The first-order valence-electron chi connectivity index (χ1n) is 7.78. The summed E-state index contributed by atoms with van der Waals surface area (Å²) >= 11 is 0. The molecule has 0 unspecified atom stereocenters. The second-order valence-corrected chi connectivity index (χ2v) is 5.35. The van der Waals surface area contributed by atoms with Crippen molar-refractivity contribution in [3.05, 3.63) is 42.0 Å². The Morgan fingerprint density at radius 3 is 2.44 bits per heavy atom. The van der Waals surface area contributed by atoms with Crippen LogP contribution in [0.4, 0.5) is 0 Å². The van der Waals surface area contributed by atoms with Crippen LogP contribution < -0.4 is 4.74 Å². The fraction of sp³-hybridized carbons (Fsp3) is 0.368. The van der Waals surface area contributed by atoms with Crippen molar-refractivity contribution in [2.75, 3.05) is 13.7 Å². The third-order valence-electron chi connectivity index (χ3n) is 3.37. The third-order valence-corrected chi connectivity index (χ3v) is 3.37. The lowest BCUT2D eigenvalue weighted by Gasteiger charge is -2.29. The van der Waals surface area contributed by atoms with Crippen LogP contribution in [0.25, 0.3) is 0 Å². The maximum atomic E-state index is 11.2. The van der Waals surface area contributed by atoms with E-state index in [4.69, 9.17) is 18.9 Å². The highest BCUT2D eigenvalue weighted by Crippen LogP contribution is 2.17. The van der Waals surface area contributed by atoms with E-state index in [0.717, 1.165) is 11.3 Å². The van der Waals surface area contributed by atoms with E-state index in [1.807, 2.05) is 24.3 Å². The molecule has 0 aliphatic carbocycles. The molecule has 0 radical (unpaired) electrons. The molecule has 1 aromatic rings. The lowest BCUT2D eigenvalue weighted by molar-refractivity contribution is -0.161. The van der Waals surface area contributed by atoms with E-state index in [1.165, 1.54) is 13.8 Å². The summed E-state index contributed by atoms with van der Waals surface area (Å²) in [7, 11) is 1.60. The number of carbonyl (C=O) groups is 2. The summed E-state index contributed by atoms with van der Waals surface area (Å²) in [5.74, 6) is 5.88. The standard InChI is InChI=1S/C19H20O6/c1-13(20)23-12-19-18(24-14(2)21)11-10-17(25-19)9-6-15-4-7-16(22-3)8-5-15/h4-5,7-8,10-11,17-19H,12H2,1-3H3/t17-,18+,19-/m1/s1. The van der Waals surface area contributed by atoms with Gasteiger partial charge in [0.15, 0.2) is 0 Å². The molecule has 0 N–H and O–H groups in total. The molecule has 6 heteroatoms. The van der Waals surface area contributed by atoms with Crippen molar-refractivity contribution in [2.45, 2.75) is 32.2 Å². The molecule has 1 aliphatic rings. The molecular weight excluding hydrogens is 324 g/mol. The smallest absolute Gasteiger partial charge is 0.303 e. The number of hydrogen-bond donors (Lipinski definition) is 0. The third kappa shape index (κ3) is 5.98. The molecule has 0 saturated carbocycles. The van der Waals surface area contributed by atoms with Gasteiger partial charge in [0.25, 0.3) is 0 Å². The van der Waals surface area contributed by atoms with Crippen LogP contribution in [-0.4, -0.2) is 44.0 Å². The van der Waals surface area contributed by atoms with Gasteiger partial charge in [-0.15, -0.1) is 0 Å². The van der Waals surface area contributed by atoms with Gasteiger partial charge < -0.3 is 18.9 Å². The topological polar surface area (TPSA) is 71.1 Å². The predicted molar refractivity (Wildman–Crippen MR) is 89.9 cm³/mol. The monoisotopic (exact) mass is 344 g/mol. The Balaban J connectivity index is 2.07. The first-order valence-corrected chi connectivity index (χ1v) is 7.78. The molecule has 0 spiro atoms. The molecule has 25 heavy (non-hydrogen) atoms. The summed E-state index contributed by atoms with van der Waals surface area (Å²) in [6.07, 6.45) is 1.71. The maximum absolute atomic E-state index is 11.2. The molecule has 1 aromatic carbocycles. The highest BCUT2D eigenvalue weighted by atomic mass is 16.6. The molecule has 0 bridgehead atoms. The average Bonchev–Trinajstić information content (AvgIpc) is 2.59. The van der Waals surface area contributed by atoms with E-state index in [0.29, 0.717) is 0 Å². The van der Waals surface area contributed by atoms with Crippen LogP contribution in [0.15, 0.2) is 36.4 Å². The van der Waals surface area contributed by atoms with Crippen molar-refractivity contribution in [3.63, 3.8) is 0 Å². The maximum Gasteiger partial charge on any atom is 0.303 e. The van der Waals surface area contributed by atoms with Gasteiger partial charge in [-0.05, 0) is 36.4 Å². The van der Waals surface area contributed by atoms with E-state index >= 15 is 0 Å². The lowest BCUT2D eigenvalue weighted by atomic mass is 10.1. The molecule has 132 valence electrons. The van der Waals surface area contributed by atoms with Crippen LogP contribution in [0.5, 0.6) is 5.75 Å². The van der Waals surface area contributed by atoms with E-state index in [2.05, 4.69) is 11.8 Å². The van der Waals surface area contributed by atoms with Crippen LogP contribution in [0.3, 0.4) is 0 Å². The fourth-order valence-electron chi connectivity index (χ4n) is 2.20. The molecule has 1 heterocycles. The van der Waals surface area contributed by atoms with Crippen LogP contribution in [0.1, 0.15) is 19.4 Å². The van der Waals surface area contributed by atoms with Gasteiger partial charge in [0.05, 0.1) is 7.11 Å². The van der Waals surface area contributed by atoms with Gasteiger partial charge in [-0.2, -0.15) is 0 Å². The second-order valence-electron chi connectivity index (χ2n) is 5.35. The minimum Gasteiger partial charge on any atom is -0.497 e. The molecule has 6 nitrogen and oxygen atoms in total. The normalized spacial score (nSPS) is 21.6. The number of hydrogen-bond acceptors (Lipinski definition) is 6. The first kappa shape index (κ1) is 18.6. The summed E-state index contributed by atoms with van der Waals surface area (Å²) in [6, 6.07) is 7.33. The Morgan fingerprint density at radius 2 is 1.84 bits per heavy atom. The van der Waals surface area contributed by atoms with Gasteiger partial charge in [0.2, 0.25) is 0 Å². The minimum atomic E-state index is -0.615. The largest absolute Gasteiger partial charge is 0.497 e. The zero-order valence-corrected chi connectivity index (χ0v) is 14.4. The van der Waals surface area contributed by atoms with Gasteiger partial charge in [-0.1, -0.05) is 11.8 Å². The van der Waals surface area contributed by atoms with Crippen molar-refractivity contribution in [3.8, 4) is 17.6 Å². The Labute approximate surface area is 146 Å². The average molecular weight is 344 g/mol. The van der Waals surface area contributed by atoms with E-state index in [9.17, 15) is 9.59 Å². The van der Waals surface area contributed by atoms with Gasteiger partial charge in [0.1, 0.15) is 30.7 Å². The summed E-state index contributed by atoms with van der Waals surface area (Å²) in [6.45, 7) is 2.60. The van der Waals surface area contributed by atoms with E-state index in [1.54, 1.807) is 19.3 Å². The zero-order chi connectivity index (χ0) is 18.2. The molecule has 2 rings (SSSR count). The number of ether oxygens (including phenoxy) is 4. The SMILES string of the molecule is COc1ccc(C#C[C@@H]2C=C[C@H](OC(C)=O)[C@@H](COC(C)=O)O2)cc1. The minimum absolute atomic E-state index is 0.0155. The number of rotatable bonds is 4. The van der Waals surface area contributed by atoms with Gasteiger partial charge in [-0.25, -0.2) is 0 Å². The highest BCUT2D eigenvalue weighted by molar-refractivity contribution is 5.67. The Morgan fingerprint density at radius 1 is 1.12 bits per heavy atom. The van der Waals surface area contributed by atoms with Crippen LogP contribution in [-0.2, 0) is 23.8 Å². The summed E-state index contributed by atoms with van der Waals surface area (Å²) in [4.78, 5) is 22.2. The molecule has 0 aromatic heterocycles. The van der Waals surface area contributed by atoms with Gasteiger partial charge in [0, 0.05) is 19.4 Å². The molecule has 3 atom stereocenters. The first-order chi connectivity index (χ1) is 12.0. The Hall–Kier alpha value is -2.78. The summed E-state index contributed by atoms with van der Waals surface area (Å²) in [5, 5.41) is 0. The lowest BCUT2D eigenvalue weighted by Crippen LogP contribution is -2.41. The van der Waals surface area contributed by atoms with Gasteiger partial charge in [-0.3, -0.25) is 9.59 Å². The molecular formula is C19H20O6. The highest BCUT2D eigenvalue weighted by Gasteiger charge is 2.29. The van der Waals surface area contributed by atoms with Crippen molar-refractivity contribution in [1.82, 2.24) is 0 Å². The molecule has 0 fully saturated rings. The number of benzene rings is 1. The summed E-state index contributed by atoms with van der Waals surface area (Å²) < 4.78 is 21.0. The number of carbonyl (C=O) groups excluding carboxylic acids is 2. The Kier molecular flexibility index (Phi) is 6.61. The van der Waals surface area contributed by atoms with Crippen molar-refractivity contribution < 1.29 is 28.5 Å². The quantitative estimate of drug-likeness (QED) is 0.472. The van der Waals surface area contributed by atoms with Crippen molar-refractivity contribution >= 4 is 11.9 Å². The Bertz CT molecular complexity index is 695. The van der Waals surface area contributed by atoms with Crippen LogP contribution in [0, 0.1) is 11.8 Å². The number of esters is 2. The fourth-order valence-corrected chi connectivity index (χ4v) is 2.20. The van der Waals surface area contributed by atoms with E-state index in [-0.39, 0.29) is 6.61 Å². The molecule has 1 aliphatic heterocycles. The van der Waals surface area contributed by atoms with Crippen molar-refractivity contribution in [1.29, 1.82) is 0 Å². The zero-order valence-electron chi connectivity index (χ0n) is 14.4. The van der Waals surface area contributed by atoms with Gasteiger partial charge >= 0.3 is 11.9 Å². The van der Waals surface area contributed by atoms with E-state index < -0.39 is 30.3 Å². The summed E-state index contributed by atoms with van der Waals surface area (Å²) in [5.41, 5.74) is 0.816. The molecule has 0 saturated heterocycles. The second kappa shape index (κ2) is 8.90. The van der Waals surface area contributed by atoms with Crippen molar-refractivity contribution in [2.24, 2.45) is 0 Å². The number of methoxy groups -OCH3 is 1.